The van der Waals surface area contributed by atoms with Crippen LogP contribution in [0.1, 0.15) is 26.3 Å². The molecule has 20 heavy (non-hydrogen) atoms. The zero-order valence-corrected chi connectivity index (χ0v) is 12.3. The molecule has 0 fully saturated rings. The number of rotatable bonds is 5. The summed E-state index contributed by atoms with van der Waals surface area (Å²) < 4.78 is 5.70. The van der Waals surface area contributed by atoms with Crippen molar-refractivity contribution < 1.29 is 4.74 Å². The van der Waals surface area contributed by atoms with Gasteiger partial charge in [-0.2, -0.15) is 0 Å². The van der Waals surface area contributed by atoms with E-state index >= 15 is 0 Å². The molecule has 0 aliphatic carbocycles. The Morgan fingerprint density at radius 2 is 1.90 bits per heavy atom. The Morgan fingerprint density at radius 3 is 2.60 bits per heavy atom. The van der Waals surface area contributed by atoms with Crippen molar-refractivity contribution in [2.45, 2.75) is 33.3 Å². The van der Waals surface area contributed by atoms with Crippen LogP contribution in [0.15, 0.2) is 42.5 Å². The molecule has 3 nitrogen and oxygen atoms in total. The third-order valence-corrected chi connectivity index (χ3v) is 3.04. The van der Waals surface area contributed by atoms with Gasteiger partial charge in [0.05, 0.1) is 17.5 Å². The van der Waals surface area contributed by atoms with Crippen LogP contribution in [0, 0.1) is 0 Å². The van der Waals surface area contributed by atoms with E-state index in [1.54, 1.807) is 0 Å². The van der Waals surface area contributed by atoms with Gasteiger partial charge < -0.3 is 15.8 Å². The quantitative estimate of drug-likeness (QED) is 0.793. The van der Waals surface area contributed by atoms with Gasteiger partial charge in [-0.1, -0.05) is 25.1 Å². The second-order valence-electron chi connectivity index (χ2n) is 5.06. The number of nitrogen functional groups attached to an aromatic ring is 1. The van der Waals surface area contributed by atoms with E-state index in [9.17, 15) is 0 Å². The highest BCUT2D eigenvalue weighted by atomic mass is 16.5. The topological polar surface area (TPSA) is 47.3 Å². The van der Waals surface area contributed by atoms with Gasteiger partial charge in [-0.25, -0.2) is 0 Å². The number of nitrogens with two attached hydrogens (primary N) is 1. The summed E-state index contributed by atoms with van der Waals surface area (Å²) in [5, 5.41) is 3.36. The largest absolute Gasteiger partial charge is 0.489 e. The van der Waals surface area contributed by atoms with E-state index in [0.29, 0.717) is 5.69 Å². The predicted octanol–water partition coefficient (Wildman–Crippen LogP) is 4.36. The first-order valence-corrected chi connectivity index (χ1v) is 7.01. The van der Waals surface area contributed by atoms with Crippen LogP contribution in [0.5, 0.6) is 5.75 Å². The zero-order chi connectivity index (χ0) is 14.5. The van der Waals surface area contributed by atoms with E-state index in [1.165, 1.54) is 5.56 Å². The highest BCUT2D eigenvalue weighted by Gasteiger charge is 2.07. The highest BCUT2D eigenvalue weighted by Crippen LogP contribution is 2.32. The summed E-state index contributed by atoms with van der Waals surface area (Å²) in [4.78, 5) is 0. The second kappa shape index (κ2) is 6.33. The molecule has 3 heteroatoms. The fraction of sp³-hybridized carbons (Fsp3) is 0.294. The first-order chi connectivity index (χ1) is 9.60. The predicted molar refractivity (Wildman–Crippen MR) is 85.7 cm³/mol. The van der Waals surface area contributed by atoms with Crippen molar-refractivity contribution in [3.05, 3.63) is 48.0 Å². The van der Waals surface area contributed by atoms with Gasteiger partial charge in [-0.15, -0.1) is 0 Å². The summed E-state index contributed by atoms with van der Waals surface area (Å²) in [7, 11) is 0. The Balaban J connectivity index is 2.24. The van der Waals surface area contributed by atoms with E-state index in [2.05, 4.69) is 24.4 Å². The smallest absolute Gasteiger partial charge is 0.144 e. The molecule has 0 aromatic heterocycles. The second-order valence-corrected chi connectivity index (χ2v) is 5.06. The molecule has 0 amide bonds. The highest BCUT2D eigenvalue weighted by molar-refractivity contribution is 5.77. The van der Waals surface area contributed by atoms with Crippen LogP contribution in [0.25, 0.3) is 0 Å². The third-order valence-electron chi connectivity index (χ3n) is 3.04. The SMILES string of the molecule is CCc1cccc(Nc2cccc(OC(C)C)c2N)c1. The summed E-state index contributed by atoms with van der Waals surface area (Å²) in [6.07, 6.45) is 1.12. The van der Waals surface area contributed by atoms with Gasteiger partial charge >= 0.3 is 0 Å². The van der Waals surface area contributed by atoms with Crippen molar-refractivity contribution in [2.24, 2.45) is 0 Å². The van der Waals surface area contributed by atoms with Gasteiger partial charge in [-0.3, -0.25) is 0 Å². The van der Waals surface area contributed by atoms with E-state index in [0.717, 1.165) is 23.5 Å². The van der Waals surface area contributed by atoms with E-state index < -0.39 is 0 Å². The maximum atomic E-state index is 6.16. The van der Waals surface area contributed by atoms with Crippen molar-refractivity contribution in [2.75, 3.05) is 11.1 Å². The van der Waals surface area contributed by atoms with Crippen molar-refractivity contribution in [1.29, 1.82) is 0 Å². The lowest BCUT2D eigenvalue weighted by molar-refractivity contribution is 0.244. The molecule has 0 unspecified atom stereocenters. The lowest BCUT2D eigenvalue weighted by Gasteiger charge is -2.16. The van der Waals surface area contributed by atoms with Gasteiger partial charge in [0.2, 0.25) is 0 Å². The van der Waals surface area contributed by atoms with Crippen LogP contribution in [-0.2, 0) is 6.42 Å². The molecular formula is C17H22N2O. The first kappa shape index (κ1) is 14.3. The summed E-state index contributed by atoms with van der Waals surface area (Å²) in [6.45, 7) is 6.12. The molecule has 2 aromatic carbocycles. The number of benzene rings is 2. The molecule has 0 saturated carbocycles. The average Bonchev–Trinajstić information content (AvgIpc) is 2.43. The first-order valence-electron chi connectivity index (χ1n) is 7.01. The van der Waals surface area contributed by atoms with Gasteiger partial charge in [0, 0.05) is 5.69 Å². The van der Waals surface area contributed by atoms with Crippen molar-refractivity contribution >= 4 is 17.1 Å². The Kier molecular flexibility index (Phi) is 4.51. The Labute approximate surface area is 120 Å². The third kappa shape index (κ3) is 3.44. The molecular weight excluding hydrogens is 248 g/mol. The molecule has 2 rings (SSSR count). The van der Waals surface area contributed by atoms with Crippen molar-refractivity contribution in [3.63, 3.8) is 0 Å². The standard InChI is InChI=1S/C17H22N2O/c1-4-13-7-5-8-14(11-13)19-15-9-6-10-16(17(15)18)20-12(2)3/h5-12,19H,4,18H2,1-3H3. The lowest BCUT2D eigenvalue weighted by atomic mass is 10.1. The van der Waals surface area contributed by atoms with Gasteiger partial charge in [0.25, 0.3) is 0 Å². The van der Waals surface area contributed by atoms with E-state index in [4.69, 9.17) is 10.5 Å². The molecule has 106 valence electrons. The van der Waals surface area contributed by atoms with Crippen LogP contribution >= 0.6 is 0 Å². The molecule has 0 atom stereocenters. The van der Waals surface area contributed by atoms with Crippen LogP contribution in [0.3, 0.4) is 0 Å². The molecule has 2 aromatic rings. The molecule has 0 radical (unpaired) electrons. The number of anilines is 3. The van der Waals surface area contributed by atoms with Crippen LogP contribution in [0.4, 0.5) is 17.1 Å². The minimum atomic E-state index is 0.107. The Morgan fingerprint density at radius 1 is 1.15 bits per heavy atom. The van der Waals surface area contributed by atoms with Gasteiger partial charge in [0.1, 0.15) is 5.75 Å². The Bertz CT molecular complexity index is 579. The number of aryl methyl sites for hydroxylation is 1. The van der Waals surface area contributed by atoms with Crippen LogP contribution < -0.4 is 15.8 Å². The number of ether oxygens (including phenoxy) is 1. The maximum absolute atomic E-state index is 6.16. The normalized spacial score (nSPS) is 10.6. The Hall–Kier alpha value is -2.16. The minimum Gasteiger partial charge on any atom is -0.489 e. The van der Waals surface area contributed by atoms with Crippen LogP contribution in [0.2, 0.25) is 0 Å². The van der Waals surface area contributed by atoms with Crippen molar-refractivity contribution in [1.82, 2.24) is 0 Å². The maximum Gasteiger partial charge on any atom is 0.144 e. The number of hydrogen-bond donors (Lipinski definition) is 2. The molecule has 0 bridgehead atoms. The number of nitrogens with one attached hydrogen (secondary N) is 1. The monoisotopic (exact) mass is 270 g/mol. The number of para-hydroxylation sites is 1. The van der Waals surface area contributed by atoms with Gasteiger partial charge in [0.15, 0.2) is 0 Å². The summed E-state index contributed by atoms with van der Waals surface area (Å²) >= 11 is 0. The fourth-order valence-electron chi connectivity index (χ4n) is 2.03. The molecule has 0 spiro atoms. The van der Waals surface area contributed by atoms with Crippen LogP contribution in [-0.4, -0.2) is 6.10 Å². The summed E-state index contributed by atoms with van der Waals surface area (Å²) in [5.74, 6) is 0.719. The fourth-order valence-corrected chi connectivity index (χ4v) is 2.03. The summed E-state index contributed by atoms with van der Waals surface area (Å²) in [5.41, 5.74) is 10.0. The lowest BCUT2D eigenvalue weighted by Crippen LogP contribution is -2.08. The molecule has 3 N–H and O–H groups in total. The average molecular weight is 270 g/mol. The molecule has 0 aliphatic heterocycles. The van der Waals surface area contributed by atoms with E-state index in [-0.39, 0.29) is 6.10 Å². The molecule has 0 aliphatic rings. The van der Waals surface area contributed by atoms with Crippen molar-refractivity contribution in [3.8, 4) is 5.75 Å². The molecule has 0 heterocycles. The molecule has 0 saturated heterocycles. The summed E-state index contributed by atoms with van der Waals surface area (Å²) in [6, 6.07) is 14.1. The zero-order valence-electron chi connectivity index (χ0n) is 12.3. The number of hydrogen-bond acceptors (Lipinski definition) is 3. The van der Waals surface area contributed by atoms with E-state index in [1.807, 2.05) is 44.2 Å². The van der Waals surface area contributed by atoms with Gasteiger partial charge in [-0.05, 0) is 50.1 Å². The minimum absolute atomic E-state index is 0.107.